The topological polar surface area (TPSA) is 56.4 Å². The van der Waals surface area contributed by atoms with Crippen molar-refractivity contribution in [2.45, 2.75) is 6.04 Å². The molecule has 156 valence electrons. The lowest BCUT2D eigenvalue weighted by Gasteiger charge is -2.27. The predicted molar refractivity (Wildman–Crippen MR) is 116 cm³/mol. The second kappa shape index (κ2) is 7.85. The Kier molecular flexibility index (Phi) is 5.38. The standard InChI is InChI=1S/C23H22FN3O2.ClH/c1-26-11-15-12-27(13-19(15)22(26)14-5-4-6-16(24)9-14)23(29)18-10-21(28)25-20-8-3-2-7-17(18)20;/h2-10,15,19,22H,11-13H2,1H3,(H,25,28);1H/t15-,19+,22-;/m0./s1. The second-order valence-corrected chi connectivity index (χ2v) is 8.17. The lowest BCUT2D eigenvalue weighted by molar-refractivity contribution is 0.0769. The van der Waals surface area contributed by atoms with Gasteiger partial charge in [-0.05, 0) is 36.7 Å². The molecule has 3 aromatic rings. The van der Waals surface area contributed by atoms with Crippen LogP contribution in [0.2, 0.25) is 0 Å². The summed E-state index contributed by atoms with van der Waals surface area (Å²) >= 11 is 0. The minimum absolute atomic E-state index is 0. The maximum absolute atomic E-state index is 13.8. The smallest absolute Gasteiger partial charge is 0.254 e. The van der Waals surface area contributed by atoms with Gasteiger partial charge in [0.05, 0.1) is 5.56 Å². The van der Waals surface area contributed by atoms with Crippen LogP contribution in [-0.4, -0.2) is 47.4 Å². The molecule has 2 aliphatic rings. The zero-order valence-electron chi connectivity index (χ0n) is 16.5. The van der Waals surface area contributed by atoms with E-state index >= 15 is 0 Å². The number of hydrogen-bond donors (Lipinski definition) is 1. The Hall–Kier alpha value is -2.70. The quantitative estimate of drug-likeness (QED) is 0.681. The lowest BCUT2D eigenvalue weighted by Crippen LogP contribution is -2.34. The number of nitrogens with one attached hydrogen (secondary N) is 1. The number of halogens is 2. The summed E-state index contributed by atoms with van der Waals surface area (Å²) in [5, 5.41) is 0.757. The molecule has 0 unspecified atom stereocenters. The number of para-hydroxylation sites is 1. The van der Waals surface area contributed by atoms with Crippen LogP contribution in [0.15, 0.2) is 59.4 Å². The molecule has 1 amide bonds. The number of rotatable bonds is 2. The largest absolute Gasteiger partial charge is 0.338 e. The first-order chi connectivity index (χ1) is 14.0. The molecule has 2 fully saturated rings. The maximum atomic E-state index is 13.8. The van der Waals surface area contributed by atoms with Crippen LogP contribution in [0, 0.1) is 17.7 Å². The molecular weight excluding hydrogens is 405 g/mol. The highest BCUT2D eigenvalue weighted by molar-refractivity contribution is 6.06. The SMILES string of the molecule is CN1C[C@H]2CN(C(=O)c3cc(=O)[nH]c4ccccc34)C[C@H]2[C@@H]1c1cccc(F)c1.Cl. The van der Waals surface area contributed by atoms with Gasteiger partial charge < -0.3 is 9.88 Å². The Morgan fingerprint density at radius 3 is 2.67 bits per heavy atom. The van der Waals surface area contributed by atoms with Gasteiger partial charge >= 0.3 is 0 Å². The van der Waals surface area contributed by atoms with Gasteiger partial charge in [0, 0.05) is 48.6 Å². The Bertz CT molecular complexity index is 1160. The summed E-state index contributed by atoms with van der Waals surface area (Å²) in [6.45, 7) is 2.13. The molecule has 0 radical (unpaired) electrons. The third-order valence-corrected chi connectivity index (χ3v) is 6.35. The van der Waals surface area contributed by atoms with E-state index in [1.54, 1.807) is 18.2 Å². The summed E-state index contributed by atoms with van der Waals surface area (Å²) in [6.07, 6.45) is 0. The third kappa shape index (κ3) is 3.40. The number of amides is 1. The van der Waals surface area contributed by atoms with Crippen LogP contribution < -0.4 is 5.56 Å². The molecule has 0 aliphatic carbocycles. The number of benzene rings is 2. The van der Waals surface area contributed by atoms with Gasteiger partial charge in [-0.25, -0.2) is 4.39 Å². The molecule has 2 saturated heterocycles. The van der Waals surface area contributed by atoms with Gasteiger partial charge in [0.25, 0.3) is 5.91 Å². The number of pyridine rings is 1. The molecular formula is C23H23ClFN3O2. The van der Waals surface area contributed by atoms with Crippen molar-refractivity contribution in [2.75, 3.05) is 26.7 Å². The van der Waals surface area contributed by atoms with Gasteiger partial charge in [0.15, 0.2) is 0 Å². The highest BCUT2D eigenvalue weighted by atomic mass is 35.5. The first kappa shape index (κ1) is 20.6. The lowest BCUT2D eigenvalue weighted by atomic mass is 9.89. The van der Waals surface area contributed by atoms with Crippen molar-refractivity contribution in [1.29, 1.82) is 0 Å². The van der Waals surface area contributed by atoms with Gasteiger partial charge in [0.2, 0.25) is 5.56 Å². The third-order valence-electron chi connectivity index (χ3n) is 6.35. The Balaban J connectivity index is 0.00000218. The molecule has 5 rings (SSSR count). The van der Waals surface area contributed by atoms with E-state index < -0.39 is 0 Å². The second-order valence-electron chi connectivity index (χ2n) is 8.17. The number of carbonyl (C=O) groups is 1. The Morgan fingerprint density at radius 2 is 1.87 bits per heavy atom. The summed E-state index contributed by atoms with van der Waals surface area (Å²) in [6, 6.07) is 15.6. The fourth-order valence-corrected chi connectivity index (χ4v) is 5.17. The minimum atomic E-state index is -0.274. The fraction of sp³-hybridized carbons (Fsp3) is 0.304. The zero-order chi connectivity index (χ0) is 20.1. The highest BCUT2D eigenvalue weighted by Crippen LogP contribution is 2.44. The van der Waals surface area contributed by atoms with Gasteiger partial charge in [-0.2, -0.15) is 0 Å². The van der Waals surface area contributed by atoms with E-state index in [2.05, 4.69) is 16.9 Å². The molecule has 30 heavy (non-hydrogen) atoms. The average Bonchev–Trinajstić information content (AvgIpc) is 3.23. The minimum Gasteiger partial charge on any atom is -0.338 e. The normalized spacial score (nSPS) is 23.4. The maximum Gasteiger partial charge on any atom is 0.254 e. The van der Waals surface area contributed by atoms with Crippen LogP contribution in [-0.2, 0) is 0 Å². The van der Waals surface area contributed by atoms with E-state index in [0.717, 1.165) is 17.5 Å². The molecule has 2 aromatic carbocycles. The van der Waals surface area contributed by atoms with Gasteiger partial charge in [0.1, 0.15) is 5.82 Å². The number of nitrogens with zero attached hydrogens (tertiary/aromatic N) is 2. The number of fused-ring (bicyclic) bond motifs is 2. The van der Waals surface area contributed by atoms with Crippen LogP contribution in [0.25, 0.3) is 10.9 Å². The van der Waals surface area contributed by atoms with Crippen molar-refractivity contribution in [3.8, 4) is 0 Å². The van der Waals surface area contributed by atoms with E-state index in [0.29, 0.717) is 30.1 Å². The number of aromatic nitrogens is 1. The Labute approximate surface area is 179 Å². The number of likely N-dealkylation sites (tertiary alicyclic amines) is 2. The molecule has 7 heteroatoms. The Morgan fingerprint density at radius 1 is 1.07 bits per heavy atom. The zero-order valence-corrected chi connectivity index (χ0v) is 17.4. The van der Waals surface area contributed by atoms with E-state index in [1.165, 1.54) is 12.1 Å². The van der Waals surface area contributed by atoms with Crippen molar-refractivity contribution in [3.63, 3.8) is 0 Å². The van der Waals surface area contributed by atoms with E-state index in [4.69, 9.17) is 0 Å². The van der Waals surface area contributed by atoms with Crippen molar-refractivity contribution < 1.29 is 9.18 Å². The molecule has 0 saturated carbocycles. The van der Waals surface area contributed by atoms with Crippen molar-refractivity contribution in [1.82, 2.24) is 14.8 Å². The van der Waals surface area contributed by atoms with E-state index in [-0.39, 0.29) is 41.7 Å². The highest BCUT2D eigenvalue weighted by Gasteiger charge is 2.47. The number of carbonyl (C=O) groups excluding carboxylic acids is 1. The van der Waals surface area contributed by atoms with Crippen LogP contribution in [0.4, 0.5) is 4.39 Å². The van der Waals surface area contributed by atoms with Gasteiger partial charge in [-0.3, -0.25) is 14.5 Å². The van der Waals surface area contributed by atoms with E-state index in [9.17, 15) is 14.0 Å². The first-order valence-corrected chi connectivity index (χ1v) is 9.88. The summed E-state index contributed by atoms with van der Waals surface area (Å²) < 4.78 is 13.8. The van der Waals surface area contributed by atoms with Crippen molar-refractivity contribution in [2.24, 2.45) is 11.8 Å². The number of hydrogen-bond acceptors (Lipinski definition) is 3. The van der Waals surface area contributed by atoms with Crippen molar-refractivity contribution in [3.05, 3.63) is 81.9 Å². The van der Waals surface area contributed by atoms with Crippen LogP contribution in [0.3, 0.4) is 0 Å². The molecule has 0 bridgehead atoms. The predicted octanol–water partition coefficient (Wildman–Crippen LogP) is 3.46. The number of aromatic amines is 1. The summed E-state index contributed by atoms with van der Waals surface area (Å²) in [5.41, 5.74) is 1.79. The molecule has 2 aliphatic heterocycles. The monoisotopic (exact) mass is 427 g/mol. The average molecular weight is 428 g/mol. The fourth-order valence-electron chi connectivity index (χ4n) is 5.17. The van der Waals surface area contributed by atoms with Crippen LogP contribution >= 0.6 is 12.4 Å². The molecule has 1 N–H and O–H groups in total. The van der Waals surface area contributed by atoms with E-state index in [1.807, 2.05) is 29.2 Å². The number of H-pyrrole nitrogens is 1. The summed E-state index contributed by atoms with van der Waals surface area (Å²) in [5.74, 6) is 0.243. The van der Waals surface area contributed by atoms with Gasteiger partial charge in [-0.15, -0.1) is 12.4 Å². The molecule has 3 heterocycles. The molecule has 1 aromatic heterocycles. The van der Waals surface area contributed by atoms with Crippen LogP contribution in [0.5, 0.6) is 0 Å². The van der Waals surface area contributed by atoms with Gasteiger partial charge in [-0.1, -0.05) is 30.3 Å². The summed E-state index contributed by atoms with van der Waals surface area (Å²) in [4.78, 5) is 32.3. The first-order valence-electron chi connectivity index (χ1n) is 9.88. The molecule has 0 spiro atoms. The summed E-state index contributed by atoms with van der Waals surface area (Å²) in [7, 11) is 2.06. The molecule has 3 atom stereocenters. The molecule has 5 nitrogen and oxygen atoms in total. The van der Waals surface area contributed by atoms with Crippen molar-refractivity contribution >= 4 is 29.2 Å². The van der Waals surface area contributed by atoms with Crippen LogP contribution in [0.1, 0.15) is 22.0 Å².